The second-order valence-corrected chi connectivity index (χ2v) is 4.72. The summed E-state index contributed by atoms with van der Waals surface area (Å²) < 4.78 is 0.472. The summed E-state index contributed by atoms with van der Waals surface area (Å²) in [6.07, 6.45) is 1.20. The molecular formula is C10H12BrN3O4. The van der Waals surface area contributed by atoms with Crippen molar-refractivity contribution in [2.24, 2.45) is 5.92 Å². The van der Waals surface area contributed by atoms with Gasteiger partial charge in [-0.25, -0.2) is 4.98 Å². The first kappa shape index (κ1) is 14.4. The first-order valence-electron chi connectivity index (χ1n) is 5.15. The molecule has 98 valence electrons. The summed E-state index contributed by atoms with van der Waals surface area (Å²) >= 11 is 3.17. The Bertz CT molecular complexity index is 466. The summed E-state index contributed by atoms with van der Waals surface area (Å²) in [6.45, 7) is 2.22. The molecule has 0 saturated carbocycles. The Balaban J connectivity index is 2.63. The number of hydrogen-bond acceptors (Lipinski definition) is 5. The highest BCUT2D eigenvalue weighted by Crippen LogP contribution is 2.24. The van der Waals surface area contributed by atoms with Gasteiger partial charge in [0.25, 0.3) is 5.69 Å². The van der Waals surface area contributed by atoms with Gasteiger partial charge in [-0.3, -0.25) is 14.9 Å². The van der Waals surface area contributed by atoms with Gasteiger partial charge in [0.15, 0.2) is 0 Å². The minimum absolute atomic E-state index is 0.0532. The van der Waals surface area contributed by atoms with E-state index in [1.54, 1.807) is 6.92 Å². The number of aliphatic carboxylic acids is 1. The summed E-state index contributed by atoms with van der Waals surface area (Å²) in [7, 11) is 0. The third kappa shape index (κ3) is 4.28. The molecule has 7 nitrogen and oxygen atoms in total. The molecule has 0 aromatic carbocycles. The van der Waals surface area contributed by atoms with Crippen molar-refractivity contribution >= 4 is 33.4 Å². The lowest BCUT2D eigenvalue weighted by atomic mass is 10.1. The van der Waals surface area contributed by atoms with E-state index in [2.05, 4.69) is 26.2 Å². The normalized spacial score (nSPS) is 11.9. The van der Waals surface area contributed by atoms with Gasteiger partial charge in [-0.2, -0.15) is 0 Å². The zero-order chi connectivity index (χ0) is 13.7. The molecule has 18 heavy (non-hydrogen) atoms. The van der Waals surface area contributed by atoms with Crippen LogP contribution in [0.5, 0.6) is 0 Å². The summed E-state index contributed by atoms with van der Waals surface area (Å²) in [6, 6.07) is 1.34. The van der Waals surface area contributed by atoms with Crippen molar-refractivity contribution in [3.63, 3.8) is 0 Å². The Morgan fingerprint density at radius 3 is 2.89 bits per heavy atom. The molecular weight excluding hydrogens is 306 g/mol. The number of aromatic nitrogens is 1. The van der Waals surface area contributed by atoms with Crippen molar-refractivity contribution < 1.29 is 14.8 Å². The molecule has 1 unspecified atom stereocenters. The standard InChI is InChI=1S/C10H12BrN3O4/c1-6(2-9(15)16)4-12-10-8(11)3-7(5-13-10)14(17)18/h3,5-6H,2,4H2,1H3,(H,12,13)(H,15,16). The average molecular weight is 318 g/mol. The predicted molar refractivity (Wildman–Crippen MR) is 68.5 cm³/mol. The summed E-state index contributed by atoms with van der Waals surface area (Å²) in [5, 5.41) is 22.1. The molecule has 0 aliphatic carbocycles. The van der Waals surface area contributed by atoms with Crippen LogP contribution in [0.1, 0.15) is 13.3 Å². The minimum Gasteiger partial charge on any atom is -0.481 e. The number of pyridine rings is 1. The smallest absolute Gasteiger partial charge is 0.303 e. The van der Waals surface area contributed by atoms with Crippen LogP contribution in [0.15, 0.2) is 16.7 Å². The van der Waals surface area contributed by atoms with Crippen molar-refractivity contribution in [3.05, 3.63) is 26.9 Å². The van der Waals surface area contributed by atoms with Crippen LogP contribution < -0.4 is 5.32 Å². The van der Waals surface area contributed by atoms with Gasteiger partial charge in [-0.05, 0) is 21.8 Å². The maximum Gasteiger partial charge on any atom is 0.303 e. The van der Waals surface area contributed by atoms with Crippen LogP contribution in [-0.2, 0) is 4.79 Å². The van der Waals surface area contributed by atoms with Gasteiger partial charge in [0.05, 0.1) is 9.40 Å². The average Bonchev–Trinajstić information content (AvgIpc) is 2.26. The monoisotopic (exact) mass is 317 g/mol. The lowest BCUT2D eigenvalue weighted by molar-refractivity contribution is -0.385. The van der Waals surface area contributed by atoms with Crippen LogP contribution in [-0.4, -0.2) is 27.5 Å². The van der Waals surface area contributed by atoms with E-state index in [1.807, 2.05) is 0 Å². The lowest BCUT2D eigenvalue weighted by Crippen LogP contribution is -2.15. The number of nitro groups is 1. The van der Waals surface area contributed by atoms with Gasteiger partial charge in [0.1, 0.15) is 12.0 Å². The SMILES string of the molecule is CC(CNc1ncc([N+](=O)[O-])cc1Br)CC(=O)O. The third-order valence-electron chi connectivity index (χ3n) is 2.18. The first-order chi connectivity index (χ1) is 8.40. The Morgan fingerprint density at radius 1 is 1.72 bits per heavy atom. The molecule has 0 saturated heterocycles. The molecule has 0 aliphatic heterocycles. The van der Waals surface area contributed by atoms with E-state index in [4.69, 9.17) is 5.11 Å². The van der Waals surface area contributed by atoms with E-state index in [9.17, 15) is 14.9 Å². The van der Waals surface area contributed by atoms with Gasteiger partial charge < -0.3 is 10.4 Å². The fourth-order valence-corrected chi connectivity index (χ4v) is 1.78. The summed E-state index contributed by atoms with van der Waals surface area (Å²) in [5.41, 5.74) is -0.106. The highest BCUT2D eigenvalue weighted by Gasteiger charge is 2.12. The van der Waals surface area contributed by atoms with Crippen LogP contribution in [0, 0.1) is 16.0 Å². The van der Waals surface area contributed by atoms with Crippen molar-refractivity contribution in [2.75, 3.05) is 11.9 Å². The number of hydrogen-bond donors (Lipinski definition) is 2. The molecule has 0 amide bonds. The van der Waals surface area contributed by atoms with Crippen LogP contribution >= 0.6 is 15.9 Å². The minimum atomic E-state index is -0.861. The van der Waals surface area contributed by atoms with E-state index in [-0.39, 0.29) is 18.0 Å². The Hall–Kier alpha value is -1.70. The number of nitrogens with one attached hydrogen (secondary N) is 1. The van der Waals surface area contributed by atoms with Crippen LogP contribution in [0.2, 0.25) is 0 Å². The van der Waals surface area contributed by atoms with Gasteiger partial charge >= 0.3 is 5.97 Å². The van der Waals surface area contributed by atoms with Crippen LogP contribution in [0.4, 0.5) is 11.5 Å². The maximum absolute atomic E-state index is 10.5. The second-order valence-electron chi connectivity index (χ2n) is 3.86. The molecule has 1 rings (SSSR count). The van der Waals surface area contributed by atoms with Gasteiger partial charge in [0, 0.05) is 19.0 Å². The van der Waals surface area contributed by atoms with Crippen LogP contribution in [0.25, 0.3) is 0 Å². The van der Waals surface area contributed by atoms with E-state index < -0.39 is 10.9 Å². The Labute approximate surface area is 112 Å². The first-order valence-corrected chi connectivity index (χ1v) is 5.95. The summed E-state index contributed by atoms with van der Waals surface area (Å²) in [4.78, 5) is 24.4. The Kier molecular flexibility index (Phi) is 5.02. The molecule has 8 heteroatoms. The molecule has 0 bridgehead atoms. The highest BCUT2D eigenvalue weighted by molar-refractivity contribution is 9.10. The lowest BCUT2D eigenvalue weighted by Gasteiger charge is -2.11. The van der Waals surface area contributed by atoms with Gasteiger partial charge in [-0.15, -0.1) is 0 Å². The number of rotatable bonds is 6. The van der Waals surface area contributed by atoms with Crippen molar-refractivity contribution in [3.8, 4) is 0 Å². The largest absolute Gasteiger partial charge is 0.481 e. The maximum atomic E-state index is 10.5. The molecule has 1 heterocycles. The van der Waals surface area contributed by atoms with Crippen molar-refractivity contribution in [2.45, 2.75) is 13.3 Å². The third-order valence-corrected chi connectivity index (χ3v) is 2.78. The van der Waals surface area contributed by atoms with Gasteiger partial charge in [0.2, 0.25) is 0 Å². The number of carboxylic acid groups (broad SMARTS) is 1. The van der Waals surface area contributed by atoms with Crippen LogP contribution in [0.3, 0.4) is 0 Å². The molecule has 0 spiro atoms. The van der Waals surface area contributed by atoms with E-state index in [0.717, 1.165) is 6.20 Å². The summed E-state index contributed by atoms with van der Waals surface area (Å²) in [5.74, 6) is -0.468. The van der Waals surface area contributed by atoms with Crippen molar-refractivity contribution in [1.29, 1.82) is 0 Å². The van der Waals surface area contributed by atoms with E-state index in [1.165, 1.54) is 6.07 Å². The number of nitrogens with zero attached hydrogens (tertiary/aromatic N) is 2. The molecule has 1 aromatic rings. The zero-order valence-corrected chi connectivity index (χ0v) is 11.2. The second kappa shape index (κ2) is 6.29. The number of halogens is 1. The molecule has 1 aromatic heterocycles. The molecule has 1 atom stereocenters. The zero-order valence-electron chi connectivity index (χ0n) is 9.59. The molecule has 0 radical (unpaired) electrons. The molecule has 0 fully saturated rings. The van der Waals surface area contributed by atoms with E-state index in [0.29, 0.717) is 16.8 Å². The fraction of sp³-hybridized carbons (Fsp3) is 0.400. The number of carbonyl (C=O) groups is 1. The van der Waals surface area contributed by atoms with Gasteiger partial charge in [-0.1, -0.05) is 6.92 Å². The highest BCUT2D eigenvalue weighted by atomic mass is 79.9. The topological polar surface area (TPSA) is 105 Å². The molecule has 2 N–H and O–H groups in total. The number of carboxylic acids is 1. The number of anilines is 1. The fourth-order valence-electron chi connectivity index (χ4n) is 1.30. The Morgan fingerprint density at radius 2 is 2.39 bits per heavy atom. The molecule has 0 aliphatic rings. The van der Waals surface area contributed by atoms with E-state index >= 15 is 0 Å². The van der Waals surface area contributed by atoms with Crippen molar-refractivity contribution in [1.82, 2.24) is 4.98 Å². The predicted octanol–water partition coefficient (Wildman–Crippen LogP) is 2.27. The quantitative estimate of drug-likeness (QED) is 0.616.